The average Bonchev–Trinajstić information content (AvgIpc) is 2.75. The van der Waals surface area contributed by atoms with E-state index in [2.05, 4.69) is 20.3 Å². The summed E-state index contributed by atoms with van der Waals surface area (Å²) in [5.74, 6) is -1.99. The smallest absolute Gasteiger partial charge is 0.338 e. The molecule has 0 fully saturated rings. The van der Waals surface area contributed by atoms with Crippen molar-refractivity contribution in [1.82, 2.24) is 10.3 Å². The van der Waals surface area contributed by atoms with E-state index >= 15 is 0 Å². The van der Waals surface area contributed by atoms with E-state index in [0.29, 0.717) is 5.56 Å². The molecule has 0 saturated heterocycles. The molecule has 1 heterocycles. The Bertz CT molecular complexity index is 650. The first-order valence-electron chi connectivity index (χ1n) is 5.23. The Hall–Kier alpha value is -2.90. The van der Waals surface area contributed by atoms with Gasteiger partial charge in [-0.1, -0.05) is 12.1 Å². The molecule has 1 amide bonds. The molecule has 0 aliphatic heterocycles. The number of hydrogen-bond donors (Lipinski definition) is 3. The number of nitrogens with zero attached hydrogens (tertiary/aromatic N) is 2. The molecule has 8 nitrogen and oxygen atoms in total. The molecule has 2 rings (SSSR count). The Labute approximate surface area is 107 Å². The van der Waals surface area contributed by atoms with Gasteiger partial charge in [-0.2, -0.15) is 0 Å². The Balaban J connectivity index is 2.35. The monoisotopic (exact) mass is 262 g/mol. The zero-order chi connectivity index (χ0) is 14.0. The lowest BCUT2D eigenvalue weighted by atomic mass is 10.1. The highest BCUT2D eigenvalue weighted by Gasteiger charge is 2.19. The first-order chi connectivity index (χ1) is 9.00. The predicted octanol–water partition coefficient (Wildman–Crippen LogP) is 0.911. The number of aryl methyl sites for hydroxylation is 1. The molecule has 1 aromatic carbocycles. The zero-order valence-corrected chi connectivity index (χ0v) is 9.88. The highest BCUT2D eigenvalue weighted by atomic mass is 16.6. The number of carbonyl (C=O) groups is 2. The van der Waals surface area contributed by atoms with Crippen LogP contribution in [0.3, 0.4) is 0 Å². The summed E-state index contributed by atoms with van der Waals surface area (Å²) in [6.07, 6.45) is 0. The lowest BCUT2D eigenvalue weighted by Gasteiger charge is -2.09. The third-order valence-corrected chi connectivity index (χ3v) is 2.46. The number of carboxylic acids is 1. The van der Waals surface area contributed by atoms with Crippen LogP contribution in [0, 0.1) is 6.92 Å². The van der Waals surface area contributed by atoms with Crippen LogP contribution in [0.1, 0.15) is 26.4 Å². The molecule has 0 atom stereocenters. The number of hydrogen-bond acceptors (Lipinski definition) is 6. The predicted molar refractivity (Wildman–Crippen MR) is 64.8 cm³/mol. The molecular formula is C11H10N4O4. The molecule has 4 N–H and O–H groups in total. The Morgan fingerprint density at radius 1 is 1.37 bits per heavy atom. The fourth-order valence-corrected chi connectivity index (χ4v) is 1.59. The van der Waals surface area contributed by atoms with Crippen LogP contribution < -0.4 is 11.1 Å². The third-order valence-electron chi connectivity index (χ3n) is 2.46. The van der Waals surface area contributed by atoms with Gasteiger partial charge in [0.15, 0.2) is 0 Å². The highest BCUT2D eigenvalue weighted by molar-refractivity contribution is 6.08. The summed E-state index contributed by atoms with van der Waals surface area (Å²) in [6, 6.07) is 4.73. The number of rotatable bonds is 3. The van der Waals surface area contributed by atoms with Crippen LogP contribution in [-0.4, -0.2) is 27.3 Å². The maximum Gasteiger partial charge on any atom is 0.338 e. The van der Waals surface area contributed by atoms with Crippen molar-refractivity contribution < 1.29 is 19.3 Å². The maximum atomic E-state index is 11.8. The average molecular weight is 262 g/mol. The van der Waals surface area contributed by atoms with Crippen molar-refractivity contribution in [2.24, 2.45) is 0 Å². The fraction of sp³-hybridized carbons (Fsp3) is 0.0909. The van der Waals surface area contributed by atoms with Crippen molar-refractivity contribution in [3.63, 3.8) is 0 Å². The number of aromatic carboxylic acids is 1. The summed E-state index contributed by atoms with van der Waals surface area (Å²) in [7, 11) is 0. The van der Waals surface area contributed by atoms with Gasteiger partial charge in [0.25, 0.3) is 5.91 Å². The van der Waals surface area contributed by atoms with Gasteiger partial charge >= 0.3 is 5.97 Å². The zero-order valence-electron chi connectivity index (χ0n) is 9.88. The lowest BCUT2D eigenvalue weighted by molar-refractivity contribution is 0.0697. The van der Waals surface area contributed by atoms with Crippen LogP contribution in [0.2, 0.25) is 0 Å². The number of nitrogen functional groups attached to an aromatic ring is 1. The summed E-state index contributed by atoms with van der Waals surface area (Å²) in [4.78, 5) is 23.0. The second-order valence-electron chi connectivity index (χ2n) is 3.75. The first-order valence-corrected chi connectivity index (χ1v) is 5.23. The van der Waals surface area contributed by atoms with Crippen LogP contribution in [0.5, 0.6) is 0 Å². The van der Waals surface area contributed by atoms with Crippen molar-refractivity contribution >= 4 is 23.4 Å². The Morgan fingerprint density at radius 2 is 2.11 bits per heavy atom. The minimum atomic E-state index is -1.14. The molecule has 0 bridgehead atoms. The van der Waals surface area contributed by atoms with E-state index in [1.165, 1.54) is 6.07 Å². The molecular weight excluding hydrogens is 252 g/mol. The van der Waals surface area contributed by atoms with Gasteiger partial charge in [0.2, 0.25) is 11.5 Å². The van der Waals surface area contributed by atoms with Crippen LogP contribution in [0.15, 0.2) is 22.8 Å². The van der Waals surface area contributed by atoms with Gasteiger partial charge in [0, 0.05) is 0 Å². The molecule has 0 aliphatic carbocycles. The van der Waals surface area contributed by atoms with E-state index in [1.54, 1.807) is 19.1 Å². The van der Waals surface area contributed by atoms with Crippen LogP contribution in [0.4, 0.5) is 11.5 Å². The number of carboxylic acid groups (broad SMARTS) is 1. The Kier molecular flexibility index (Phi) is 3.15. The fourth-order valence-electron chi connectivity index (χ4n) is 1.59. The molecule has 19 heavy (non-hydrogen) atoms. The van der Waals surface area contributed by atoms with Gasteiger partial charge in [0.1, 0.15) is 0 Å². The highest BCUT2D eigenvalue weighted by Crippen LogP contribution is 2.20. The van der Waals surface area contributed by atoms with Crippen molar-refractivity contribution in [2.45, 2.75) is 6.92 Å². The first kappa shape index (κ1) is 12.6. The number of nitrogens with one attached hydrogen (secondary N) is 1. The molecule has 1 aromatic heterocycles. The van der Waals surface area contributed by atoms with Gasteiger partial charge in [0.05, 0.1) is 11.3 Å². The number of aromatic nitrogens is 2. The van der Waals surface area contributed by atoms with E-state index in [-0.39, 0.29) is 22.8 Å². The molecule has 98 valence electrons. The van der Waals surface area contributed by atoms with Crippen molar-refractivity contribution in [1.29, 1.82) is 0 Å². The summed E-state index contributed by atoms with van der Waals surface area (Å²) in [5, 5.41) is 18.1. The van der Waals surface area contributed by atoms with Crippen molar-refractivity contribution in [3.8, 4) is 0 Å². The largest absolute Gasteiger partial charge is 0.478 e. The van der Waals surface area contributed by atoms with E-state index in [4.69, 9.17) is 10.8 Å². The topological polar surface area (TPSA) is 131 Å². The number of carbonyl (C=O) groups excluding carboxylic acids is 1. The number of nitrogens with two attached hydrogens (primary N) is 1. The van der Waals surface area contributed by atoms with Crippen molar-refractivity contribution in [3.05, 3.63) is 35.0 Å². The van der Waals surface area contributed by atoms with E-state index < -0.39 is 11.9 Å². The summed E-state index contributed by atoms with van der Waals surface area (Å²) >= 11 is 0. The molecule has 0 aliphatic rings. The van der Waals surface area contributed by atoms with Gasteiger partial charge in [-0.05, 0) is 28.9 Å². The second kappa shape index (κ2) is 4.77. The normalized spacial score (nSPS) is 10.2. The standard InChI is InChI=1S/C11H10N4O4/c1-5-3-2-4-6(7(5)11(17)18)13-10(16)8-9(12)15-19-14-8/h2-4H,1H3,(H2,12,15)(H,13,16)(H,17,18). The van der Waals surface area contributed by atoms with Crippen LogP contribution >= 0.6 is 0 Å². The van der Waals surface area contributed by atoms with Crippen molar-refractivity contribution in [2.75, 3.05) is 11.1 Å². The van der Waals surface area contributed by atoms with Crippen LogP contribution in [-0.2, 0) is 0 Å². The SMILES string of the molecule is Cc1cccc(NC(=O)c2nonc2N)c1C(=O)O. The minimum Gasteiger partial charge on any atom is -0.478 e. The van der Waals surface area contributed by atoms with E-state index in [0.717, 1.165) is 0 Å². The molecule has 8 heteroatoms. The molecule has 0 saturated carbocycles. The summed E-state index contributed by atoms with van der Waals surface area (Å²) < 4.78 is 4.30. The van der Waals surface area contributed by atoms with Crippen LogP contribution in [0.25, 0.3) is 0 Å². The van der Waals surface area contributed by atoms with Gasteiger partial charge < -0.3 is 16.2 Å². The summed E-state index contributed by atoms with van der Waals surface area (Å²) in [6.45, 7) is 1.63. The van der Waals surface area contributed by atoms with Gasteiger partial charge in [-0.3, -0.25) is 4.79 Å². The quantitative estimate of drug-likeness (QED) is 0.748. The maximum absolute atomic E-state index is 11.8. The van der Waals surface area contributed by atoms with E-state index in [9.17, 15) is 9.59 Å². The molecule has 0 spiro atoms. The summed E-state index contributed by atoms with van der Waals surface area (Å²) in [5.41, 5.74) is 5.86. The molecule has 0 radical (unpaired) electrons. The second-order valence-corrected chi connectivity index (χ2v) is 3.75. The Morgan fingerprint density at radius 3 is 2.68 bits per heavy atom. The van der Waals surface area contributed by atoms with Gasteiger partial charge in [-0.25, -0.2) is 9.42 Å². The molecule has 2 aromatic rings. The minimum absolute atomic E-state index is 0.00544. The molecule has 0 unspecified atom stereocenters. The lowest BCUT2D eigenvalue weighted by Crippen LogP contribution is -2.17. The van der Waals surface area contributed by atoms with Gasteiger partial charge in [-0.15, -0.1) is 0 Å². The third kappa shape index (κ3) is 2.37. The number of benzene rings is 1. The number of anilines is 2. The number of amides is 1. The van der Waals surface area contributed by atoms with E-state index in [1.807, 2.05) is 0 Å².